The number of alkyl halides is 6. The quantitative estimate of drug-likeness (QED) is 0.326. The molecule has 182 valence electrons. The molecule has 3 aromatic rings. The van der Waals surface area contributed by atoms with Gasteiger partial charge in [-0.05, 0) is 54.1 Å². The molecule has 0 fully saturated rings. The molecule has 0 aliphatic rings. The fraction of sp³-hybridized carbons (Fsp3) is 0.0833. The molecule has 0 spiro atoms. The summed E-state index contributed by atoms with van der Waals surface area (Å²) in [6, 6.07) is 16.1. The summed E-state index contributed by atoms with van der Waals surface area (Å²) in [6.45, 7) is 0. The first-order valence-electron chi connectivity index (χ1n) is 9.84. The van der Waals surface area contributed by atoms with Crippen LogP contribution >= 0.6 is 0 Å². The number of nitrogens with one attached hydrogen (secondary N) is 2. The number of anilines is 1. The smallest absolute Gasteiger partial charge is 0.406 e. The molecule has 2 amide bonds. The van der Waals surface area contributed by atoms with Gasteiger partial charge in [0.1, 0.15) is 11.4 Å². The Bertz CT molecular complexity index is 1220. The van der Waals surface area contributed by atoms with Crippen molar-refractivity contribution in [1.29, 1.82) is 0 Å². The maximum absolute atomic E-state index is 13.4. The molecule has 3 rings (SSSR count). The molecule has 0 radical (unpaired) electrons. The molecule has 2 N–H and O–H groups in total. The Hall–Kier alpha value is -4.28. The number of hydrogen-bond donors (Lipinski definition) is 2. The number of carbonyl (C=O) groups excluding carboxylic acids is 2. The van der Waals surface area contributed by atoms with E-state index in [2.05, 4.69) is 15.4 Å². The molecule has 0 aliphatic heterocycles. The van der Waals surface area contributed by atoms with Gasteiger partial charge >= 0.3 is 12.5 Å². The molecule has 35 heavy (non-hydrogen) atoms. The van der Waals surface area contributed by atoms with Crippen LogP contribution in [0.5, 0.6) is 5.75 Å². The summed E-state index contributed by atoms with van der Waals surface area (Å²) < 4.78 is 81.0. The summed E-state index contributed by atoms with van der Waals surface area (Å²) in [5.74, 6) is -2.30. The van der Waals surface area contributed by atoms with Crippen LogP contribution in [0.25, 0.3) is 6.08 Å². The number of rotatable bonds is 6. The van der Waals surface area contributed by atoms with Crippen molar-refractivity contribution >= 4 is 23.6 Å². The van der Waals surface area contributed by atoms with E-state index >= 15 is 0 Å². The van der Waals surface area contributed by atoms with Crippen LogP contribution in [0.3, 0.4) is 0 Å². The average molecular weight is 494 g/mol. The van der Waals surface area contributed by atoms with Crippen LogP contribution in [0.4, 0.5) is 32.0 Å². The minimum atomic E-state index is -4.91. The maximum Gasteiger partial charge on any atom is 0.573 e. The predicted octanol–water partition coefficient (Wildman–Crippen LogP) is 6.01. The summed E-state index contributed by atoms with van der Waals surface area (Å²) in [7, 11) is 0. The lowest BCUT2D eigenvalue weighted by Gasteiger charge is -2.14. The normalized spacial score (nSPS) is 12.1. The summed E-state index contributed by atoms with van der Waals surface area (Å²) in [4.78, 5) is 25.5. The van der Waals surface area contributed by atoms with Gasteiger partial charge in [-0.25, -0.2) is 0 Å². The third-order valence-corrected chi connectivity index (χ3v) is 4.44. The molecular formula is C24H16F6N2O3. The predicted molar refractivity (Wildman–Crippen MR) is 115 cm³/mol. The standard InChI is InChI=1S/C24H16F6N2O3/c25-23(26,27)19-9-5-4-8-16(19)14-20(32-21(33)15-6-2-1-3-7-15)22(34)31-17-10-12-18(13-11-17)35-24(28,29)30/h1-14H,(H,31,34)(H,32,33)/b20-14-. The van der Waals surface area contributed by atoms with Crippen molar-refractivity contribution in [2.24, 2.45) is 0 Å². The van der Waals surface area contributed by atoms with E-state index < -0.39 is 41.4 Å². The van der Waals surface area contributed by atoms with Crippen molar-refractivity contribution in [1.82, 2.24) is 5.32 Å². The summed E-state index contributed by atoms with van der Waals surface area (Å²) in [5, 5.41) is 4.62. The highest BCUT2D eigenvalue weighted by molar-refractivity contribution is 6.10. The van der Waals surface area contributed by atoms with Crippen molar-refractivity contribution in [3.63, 3.8) is 0 Å². The van der Waals surface area contributed by atoms with Crippen molar-refractivity contribution in [3.05, 3.63) is 101 Å². The first-order chi connectivity index (χ1) is 16.4. The highest BCUT2D eigenvalue weighted by atomic mass is 19.4. The van der Waals surface area contributed by atoms with Crippen molar-refractivity contribution < 1.29 is 40.7 Å². The highest BCUT2D eigenvalue weighted by Gasteiger charge is 2.33. The van der Waals surface area contributed by atoms with E-state index in [-0.39, 0.29) is 16.8 Å². The number of amides is 2. The summed E-state index contributed by atoms with van der Waals surface area (Å²) in [6.07, 6.45) is -8.78. The minimum absolute atomic E-state index is 0.00786. The Balaban J connectivity index is 1.92. The van der Waals surface area contributed by atoms with Crippen molar-refractivity contribution in [2.75, 3.05) is 5.32 Å². The molecule has 0 aliphatic carbocycles. The molecule has 5 nitrogen and oxygen atoms in total. The van der Waals surface area contributed by atoms with E-state index in [4.69, 9.17) is 0 Å². The summed E-state index contributed by atoms with van der Waals surface area (Å²) in [5.41, 5.74) is -1.79. The van der Waals surface area contributed by atoms with E-state index in [1.54, 1.807) is 18.2 Å². The molecule has 0 bridgehead atoms. The minimum Gasteiger partial charge on any atom is -0.406 e. The lowest BCUT2D eigenvalue weighted by molar-refractivity contribution is -0.274. The molecular weight excluding hydrogens is 478 g/mol. The topological polar surface area (TPSA) is 67.4 Å². The van der Waals surface area contributed by atoms with E-state index in [0.717, 1.165) is 42.5 Å². The van der Waals surface area contributed by atoms with Crippen molar-refractivity contribution in [3.8, 4) is 5.75 Å². The van der Waals surface area contributed by atoms with Gasteiger partial charge in [0, 0.05) is 11.3 Å². The lowest BCUT2D eigenvalue weighted by Crippen LogP contribution is -2.30. The van der Waals surface area contributed by atoms with E-state index in [0.29, 0.717) is 0 Å². The van der Waals surface area contributed by atoms with Gasteiger partial charge in [-0.2, -0.15) is 13.2 Å². The van der Waals surface area contributed by atoms with Crippen LogP contribution in [0.1, 0.15) is 21.5 Å². The lowest BCUT2D eigenvalue weighted by atomic mass is 10.1. The number of carbonyl (C=O) groups is 2. The number of hydrogen-bond acceptors (Lipinski definition) is 3. The Morgan fingerprint density at radius 3 is 1.97 bits per heavy atom. The van der Waals surface area contributed by atoms with Crippen LogP contribution in [0.2, 0.25) is 0 Å². The molecule has 0 saturated heterocycles. The number of halogens is 6. The zero-order valence-electron chi connectivity index (χ0n) is 17.6. The fourth-order valence-electron chi connectivity index (χ4n) is 2.92. The van der Waals surface area contributed by atoms with Crippen LogP contribution in [0, 0.1) is 0 Å². The Labute approximate surface area is 195 Å². The highest BCUT2D eigenvalue weighted by Crippen LogP contribution is 2.33. The second kappa shape index (κ2) is 10.3. The van der Waals surface area contributed by atoms with Gasteiger partial charge in [0.05, 0.1) is 5.56 Å². The van der Waals surface area contributed by atoms with E-state index in [9.17, 15) is 35.9 Å². The van der Waals surface area contributed by atoms with Gasteiger partial charge < -0.3 is 15.4 Å². The molecule has 0 saturated carbocycles. The molecule has 11 heteroatoms. The fourth-order valence-corrected chi connectivity index (χ4v) is 2.92. The van der Waals surface area contributed by atoms with Gasteiger partial charge in [-0.3, -0.25) is 9.59 Å². The molecule has 0 unspecified atom stereocenters. The van der Waals surface area contributed by atoms with Gasteiger partial charge in [-0.1, -0.05) is 36.4 Å². The zero-order chi connectivity index (χ0) is 25.6. The van der Waals surface area contributed by atoms with Gasteiger partial charge in [-0.15, -0.1) is 13.2 Å². The van der Waals surface area contributed by atoms with Gasteiger partial charge in [0.15, 0.2) is 0 Å². The molecule has 0 aromatic heterocycles. The molecule has 0 heterocycles. The Kier molecular flexibility index (Phi) is 7.48. The third-order valence-electron chi connectivity index (χ3n) is 4.44. The van der Waals surface area contributed by atoms with Gasteiger partial charge in [0.25, 0.3) is 11.8 Å². The van der Waals surface area contributed by atoms with Crippen molar-refractivity contribution in [2.45, 2.75) is 12.5 Å². The van der Waals surface area contributed by atoms with Crippen LogP contribution in [-0.2, 0) is 11.0 Å². The second-order valence-corrected chi connectivity index (χ2v) is 6.99. The monoisotopic (exact) mass is 494 g/mol. The maximum atomic E-state index is 13.4. The van der Waals surface area contributed by atoms with Crippen LogP contribution < -0.4 is 15.4 Å². The van der Waals surface area contributed by atoms with E-state index in [1.165, 1.54) is 24.3 Å². The SMILES string of the molecule is O=C(Nc1ccc(OC(F)(F)F)cc1)/C(=C/c1ccccc1C(F)(F)F)NC(=O)c1ccccc1. The van der Waals surface area contributed by atoms with Crippen LogP contribution in [-0.4, -0.2) is 18.2 Å². The molecule has 3 aromatic carbocycles. The molecule has 0 atom stereocenters. The zero-order valence-corrected chi connectivity index (χ0v) is 17.6. The largest absolute Gasteiger partial charge is 0.573 e. The first kappa shape index (κ1) is 25.3. The number of benzene rings is 3. The second-order valence-electron chi connectivity index (χ2n) is 6.99. The number of ether oxygens (including phenoxy) is 1. The average Bonchev–Trinajstić information content (AvgIpc) is 2.79. The summed E-state index contributed by atoms with van der Waals surface area (Å²) >= 11 is 0. The van der Waals surface area contributed by atoms with Gasteiger partial charge in [0.2, 0.25) is 0 Å². The van der Waals surface area contributed by atoms with Crippen LogP contribution in [0.15, 0.2) is 84.6 Å². The third kappa shape index (κ3) is 7.36. The Morgan fingerprint density at radius 1 is 0.771 bits per heavy atom. The first-order valence-corrected chi connectivity index (χ1v) is 9.84. The Morgan fingerprint density at radius 2 is 1.37 bits per heavy atom. The van der Waals surface area contributed by atoms with E-state index in [1.807, 2.05) is 0 Å².